The largest absolute Gasteiger partial charge is 0.388 e. The van der Waals surface area contributed by atoms with Crippen molar-refractivity contribution in [3.05, 3.63) is 42.2 Å². The summed E-state index contributed by atoms with van der Waals surface area (Å²) in [6.45, 7) is -0.194. The number of nitrogens with zero attached hydrogens (tertiary/aromatic N) is 4. The molecular weight excluding hydrogens is 232 g/mol. The summed E-state index contributed by atoms with van der Waals surface area (Å²) in [7, 11) is 3.37. The van der Waals surface area contributed by atoms with E-state index in [9.17, 15) is 4.79 Å². The standard InChI is InChI=1S/C12H14N4O2/c1-15(9-4-3-5-13-6-9)12(18)10-7-14-11(8-17)16(10)2/h3-7,17H,8H2,1-2H3. The van der Waals surface area contributed by atoms with Crippen molar-refractivity contribution in [1.82, 2.24) is 14.5 Å². The van der Waals surface area contributed by atoms with E-state index in [2.05, 4.69) is 9.97 Å². The second kappa shape index (κ2) is 4.97. The van der Waals surface area contributed by atoms with Gasteiger partial charge in [-0.15, -0.1) is 0 Å². The zero-order valence-electron chi connectivity index (χ0n) is 10.2. The highest BCUT2D eigenvalue weighted by atomic mass is 16.3. The molecule has 1 amide bonds. The minimum atomic E-state index is -0.197. The van der Waals surface area contributed by atoms with Gasteiger partial charge in [0.25, 0.3) is 5.91 Å². The molecule has 0 aliphatic heterocycles. The Balaban J connectivity index is 2.29. The minimum Gasteiger partial charge on any atom is -0.388 e. The predicted molar refractivity (Wildman–Crippen MR) is 66.1 cm³/mol. The molecule has 1 N–H and O–H groups in total. The third-order valence-corrected chi connectivity index (χ3v) is 2.78. The van der Waals surface area contributed by atoms with E-state index in [1.165, 1.54) is 11.1 Å². The number of pyridine rings is 1. The van der Waals surface area contributed by atoms with Crippen LogP contribution in [-0.2, 0) is 13.7 Å². The first-order valence-corrected chi connectivity index (χ1v) is 5.44. The van der Waals surface area contributed by atoms with Crippen molar-refractivity contribution in [3.8, 4) is 0 Å². The molecule has 2 rings (SSSR count). The first kappa shape index (κ1) is 12.3. The number of imidazole rings is 1. The normalized spacial score (nSPS) is 10.4. The lowest BCUT2D eigenvalue weighted by atomic mass is 10.3. The fraction of sp³-hybridized carbons (Fsp3) is 0.250. The molecule has 0 saturated carbocycles. The Morgan fingerprint density at radius 3 is 2.83 bits per heavy atom. The zero-order chi connectivity index (χ0) is 13.1. The van der Waals surface area contributed by atoms with E-state index in [0.717, 1.165) is 0 Å². The number of aliphatic hydroxyl groups is 1. The molecule has 2 aromatic rings. The lowest BCUT2D eigenvalue weighted by Crippen LogP contribution is -2.28. The number of rotatable bonds is 3. The number of carbonyl (C=O) groups excluding carboxylic acids is 1. The maximum atomic E-state index is 12.3. The van der Waals surface area contributed by atoms with E-state index < -0.39 is 0 Å². The molecule has 0 radical (unpaired) electrons. The first-order valence-electron chi connectivity index (χ1n) is 5.44. The number of anilines is 1. The molecule has 0 aromatic carbocycles. The Morgan fingerprint density at radius 1 is 1.50 bits per heavy atom. The molecular formula is C12H14N4O2. The highest BCUT2D eigenvalue weighted by Crippen LogP contribution is 2.14. The third-order valence-electron chi connectivity index (χ3n) is 2.78. The number of aromatic nitrogens is 3. The average molecular weight is 246 g/mol. The molecule has 2 heterocycles. The van der Waals surface area contributed by atoms with Gasteiger partial charge in [-0.05, 0) is 12.1 Å². The van der Waals surface area contributed by atoms with Gasteiger partial charge in [-0.1, -0.05) is 0 Å². The van der Waals surface area contributed by atoms with Crippen LogP contribution in [0.15, 0.2) is 30.7 Å². The van der Waals surface area contributed by atoms with Gasteiger partial charge in [0.1, 0.15) is 18.1 Å². The Morgan fingerprint density at radius 2 is 2.28 bits per heavy atom. The Bertz CT molecular complexity index is 550. The first-order chi connectivity index (χ1) is 8.65. The molecule has 6 heteroatoms. The molecule has 2 aromatic heterocycles. The molecule has 18 heavy (non-hydrogen) atoms. The van der Waals surface area contributed by atoms with Crippen molar-refractivity contribution in [1.29, 1.82) is 0 Å². The van der Waals surface area contributed by atoms with Crippen LogP contribution in [0.25, 0.3) is 0 Å². The molecule has 0 atom stereocenters. The summed E-state index contributed by atoms with van der Waals surface area (Å²) >= 11 is 0. The lowest BCUT2D eigenvalue weighted by molar-refractivity contribution is 0.0984. The summed E-state index contributed by atoms with van der Waals surface area (Å²) in [5.74, 6) is 0.260. The fourth-order valence-electron chi connectivity index (χ4n) is 1.63. The van der Waals surface area contributed by atoms with E-state index in [4.69, 9.17) is 5.11 Å². The molecule has 0 unspecified atom stereocenters. The lowest BCUT2D eigenvalue weighted by Gasteiger charge is -2.16. The Hall–Kier alpha value is -2.21. The van der Waals surface area contributed by atoms with Gasteiger partial charge in [0.2, 0.25) is 0 Å². The molecule has 0 aliphatic rings. The summed E-state index contributed by atoms with van der Waals surface area (Å²) in [5, 5.41) is 9.05. The van der Waals surface area contributed by atoms with Gasteiger partial charge in [0, 0.05) is 20.3 Å². The second-order valence-corrected chi connectivity index (χ2v) is 3.85. The van der Waals surface area contributed by atoms with Crippen LogP contribution in [0.5, 0.6) is 0 Å². The number of amides is 1. The maximum Gasteiger partial charge on any atom is 0.276 e. The van der Waals surface area contributed by atoms with E-state index >= 15 is 0 Å². The smallest absolute Gasteiger partial charge is 0.276 e. The highest BCUT2D eigenvalue weighted by Gasteiger charge is 2.18. The van der Waals surface area contributed by atoms with Crippen LogP contribution < -0.4 is 4.90 Å². The van der Waals surface area contributed by atoms with E-state index in [-0.39, 0.29) is 12.5 Å². The highest BCUT2D eigenvalue weighted by molar-refractivity contribution is 6.04. The molecule has 6 nitrogen and oxygen atoms in total. The van der Waals surface area contributed by atoms with Crippen LogP contribution in [0.3, 0.4) is 0 Å². The summed E-state index contributed by atoms with van der Waals surface area (Å²) in [6, 6.07) is 3.57. The van der Waals surface area contributed by atoms with Crippen molar-refractivity contribution in [2.24, 2.45) is 7.05 Å². The van der Waals surface area contributed by atoms with Crippen molar-refractivity contribution in [3.63, 3.8) is 0 Å². The average Bonchev–Trinajstić information content (AvgIpc) is 2.79. The van der Waals surface area contributed by atoms with E-state index in [0.29, 0.717) is 17.2 Å². The molecule has 0 aliphatic carbocycles. The van der Waals surface area contributed by atoms with Crippen molar-refractivity contribution in [2.75, 3.05) is 11.9 Å². The molecule has 94 valence electrons. The van der Waals surface area contributed by atoms with Gasteiger partial charge in [-0.3, -0.25) is 9.78 Å². The summed E-state index contributed by atoms with van der Waals surface area (Å²) in [6.07, 6.45) is 4.72. The van der Waals surface area contributed by atoms with Crippen molar-refractivity contribution >= 4 is 11.6 Å². The van der Waals surface area contributed by atoms with Gasteiger partial charge >= 0.3 is 0 Å². The van der Waals surface area contributed by atoms with Crippen LogP contribution in [0, 0.1) is 0 Å². The van der Waals surface area contributed by atoms with Crippen molar-refractivity contribution in [2.45, 2.75) is 6.61 Å². The second-order valence-electron chi connectivity index (χ2n) is 3.85. The van der Waals surface area contributed by atoms with Crippen LogP contribution in [0.4, 0.5) is 5.69 Å². The molecule has 0 bridgehead atoms. The molecule has 0 saturated heterocycles. The number of aliphatic hydroxyl groups excluding tert-OH is 1. The summed E-state index contributed by atoms with van der Waals surface area (Å²) < 4.78 is 1.58. The quantitative estimate of drug-likeness (QED) is 0.860. The maximum absolute atomic E-state index is 12.3. The van der Waals surface area contributed by atoms with Gasteiger partial charge in [-0.2, -0.15) is 0 Å². The Labute approximate surface area is 105 Å². The number of hydrogen-bond acceptors (Lipinski definition) is 4. The third kappa shape index (κ3) is 2.10. The van der Waals surface area contributed by atoms with E-state index in [1.54, 1.807) is 43.2 Å². The minimum absolute atomic E-state index is 0.194. The van der Waals surface area contributed by atoms with Crippen LogP contribution in [0.2, 0.25) is 0 Å². The topological polar surface area (TPSA) is 71.2 Å². The monoisotopic (exact) mass is 246 g/mol. The van der Waals surface area contributed by atoms with Gasteiger partial charge in [0.05, 0.1) is 18.1 Å². The van der Waals surface area contributed by atoms with Crippen molar-refractivity contribution < 1.29 is 9.90 Å². The fourth-order valence-corrected chi connectivity index (χ4v) is 1.63. The molecule has 0 fully saturated rings. The van der Waals surface area contributed by atoms with Gasteiger partial charge in [-0.25, -0.2) is 4.98 Å². The zero-order valence-corrected chi connectivity index (χ0v) is 10.2. The number of carbonyl (C=O) groups is 1. The van der Waals surface area contributed by atoms with Crippen LogP contribution in [0.1, 0.15) is 16.3 Å². The Kier molecular flexibility index (Phi) is 3.38. The van der Waals surface area contributed by atoms with Crippen LogP contribution in [-0.4, -0.2) is 32.6 Å². The molecule has 0 spiro atoms. The summed E-state index contributed by atoms with van der Waals surface area (Å²) in [5.41, 5.74) is 1.12. The van der Waals surface area contributed by atoms with Gasteiger partial charge < -0.3 is 14.6 Å². The summed E-state index contributed by atoms with van der Waals surface area (Å²) in [4.78, 5) is 21.7. The van der Waals surface area contributed by atoms with E-state index in [1.807, 2.05) is 0 Å². The van der Waals surface area contributed by atoms with Gasteiger partial charge in [0.15, 0.2) is 0 Å². The predicted octanol–water partition coefficient (Wildman–Crippen LogP) is 0.584. The SMILES string of the molecule is CN(C(=O)c1cnc(CO)n1C)c1cccnc1. The van der Waals surface area contributed by atoms with Crippen LogP contribution >= 0.6 is 0 Å². The number of hydrogen-bond donors (Lipinski definition) is 1.